The van der Waals surface area contributed by atoms with Crippen molar-refractivity contribution in [1.29, 1.82) is 0 Å². The Labute approximate surface area is 180 Å². The van der Waals surface area contributed by atoms with E-state index in [1.54, 1.807) is 28.9 Å². The second-order valence-corrected chi connectivity index (χ2v) is 8.41. The van der Waals surface area contributed by atoms with E-state index in [2.05, 4.69) is 15.7 Å². The van der Waals surface area contributed by atoms with Crippen LogP contribution < -0.4 is 16.4 Å². The normalized spacial score (nSPS) is 11.2. The molecule has 3 amide bonds. The van der Waals surface area contributed by atoms with Gasteiger partial charge in [0.05, 0.1) is 17.8 Å². The van der Waals surface area contributed by atoms with Gasteiger partial charge in [-0.25, -0.2) is 9.48 Å². The quantitative estimate of drug-likeness (QED) is 0.561. The van der Waals surface area contributed by atoms with Crippen LogP contribution in [-0.2, 0) is 16.6 Å². The zero-order valence-electron chi connectivity index (χ0n) is 17.1. The number of aromatic nitrogens is 2. The molecule has 0 atom stereocenters. The van der Waals surface area contributed by atoms with Gasteiger partial charge in [0.15, 0.2) is 0 Å². The van der Waals surface area contributed by atoms with Crippen LogP contribution in [0.3, 0.4) is 0 Å². The van der Waals surface area contributed by atoms with Crippen molar-refractivity contribution < 1.29 is 9.59 Å². The number of primary amides is 1. The summed E-state index contributed by atoms with van der Waals surface area (Å²) in [6.45, 7) is 6.15. The minimum Gasteiger partial charge on any atom is -0.369 e. The van der Waals surface area contributed by atoms with Crippen molar-refractivity contribution in [2.75, 3.05) is 10.6 Å². The fourth-order valence-corrected chi connectivity index (χ4v) is 2.93. The Bertz CT molecular complexity index is 1050. The Morgan fingerprint density at radius 2 is 1.67 bits per heavy atom. The predicted octanol–water partition coefficient (Wildman–Crippen LogP) is 4.50. The molecule has 0 saturated heterocycles. The van der Waals surface area contributed by atoms with Crippen LogP contribution in [0.5, 0.6) is 0 Å². The average Bonchev–Trinajstić information content (AvgIpc) is 3.08. The average molecular weight is 426 g/mol. The van der Waals surface area contributed by atoms with Crippen LogP contribution in [0.25, 0.3) is 5.69 Å². The summed E-state index contributed by atoms with van der Waals surface area (Å²) < 4.78 is 1.66. The second kappa shape index (κ2) is 8.59. The molecular formula is C22H24ClN5O2. The van der Waals surface area contributed by atoms with E-state index in [9.17, 15) is 9.59 Å². The number of carbonyl (C=O) groups excluding carboxylic acids is 2. The number of hydrogen-bond donors (Lipinski definition) is 3. The molecule has 0 bridgehead atoms. The van der Waals surface area contributed by atoms with Crippen LogP contribution in [0.4, 0.5) is 16.3 Å². The molecule has 0 aliphatic heterocycles. The molecule has 0 fully saturated rings. The molecule has 7 nitrogen and oxygen atoms in total. The largest absolute Gasteiger partial charge is 0.369 e. The maximum Gasteiger partial charge on any atom is 0.324 e. The van der Waals surface area contributed by atoms with Gasteiger partial charge >= 0.3 is 6.03 Å². The molecule has 0 saturated carbocycles. The highest BCUT2D eigenvalue weighted by atomic mass is 35.5. The van der Waals surface area contributed by atoms with E-state index in [4.69, 9.17) is 17.3 Å². The molecule has 156 valence electrons. The van der Waals surface area contributed by atoms with Crippen LogP contribution in [0, 0.1) is 0 Å². The molecule has 0 radical (unpaired) electrons. The summed E-state index contributed by atoms with van der Waals surface area (Å²) in [6.07, 6.45) is 0.168. The molecule has 3 rings (SSSR count). The van der Waals surface area contributed by atoms with Gasteiger partial charge in [-0.1, -0.05) is 44.5 Å². The molecule has 0 unspecified atom stereocenters. The molecule has 0 aliphatic rings. The van der Waals surface area contributed by atoms with Crippen molar-refractivity contribution in [2.24, 2.45) is 5.73 Å². The number of nitrogens with two attached hydrogens (primary N) is 1. The third-order valence-electron chi connectivity index (χ3n) is 4.38. The number of halogens is 1. The highest BCUT2D eigenvalue weighted by molar-refractivity contribution is 6.30. The molecule has 8 heteroatoms. The van der Waals surface area contributed by atoms with Crippen LogP contribution in [0.15, 0.2) is 54.6 Å². The zero-order valence-corrected chi connectivity index (χ0v) is 17.8. The molecule has 3 aromatic rings. The third kappa shape index (κ3) is 5.39. The number of nitrogens with one attached hydrogen (secondary N) is 2. The first-order valence-corrected chi connectivity index (χ1v) is 9.81. The Morgan fingerprint density at radius 3 is 2.23 bits per heavy atom. The summed E-state index contributed by atoms with van der Waals surface area (Å²) >= 11 is 5.89. The lowest BCUT2D eigenvalue weighted by Gasteiger charge is -2.14. The van der Waals surface area contributed by atoms with E-state index in [-0.39, 0.29) is 11.8 Å². The topological polar surface area (TPSA) is 102 Å². The first kappa shape index (κ1) is 21.4. The van der Waals surface area contributed by atoms with Crippen LogP contribution >= 0.6 is 11.6 Å². The fourth-order valence-electron chi connectivity index (χ4n) is 2.80. The summed E-state index contributed by atoms with van der Waals surface area (Å²) in [5.74, 6) is 0.132. The monoisotopic (exact) mass is 425 g/mol. The van der Waals surface area contributed by atoms with Crippen molar-refractivity contribution in [3.8, 4) is 5.69 Å². The Hall–Kier alpha value is -3.32. The molecule has 4 N–H and O–H groups in total. The Morgan fingerprint density at radius 1 is 1.03 bits per heavy atom. The summed E-state index contributed by atoms with van der Waals surface area (Å²) in [5.41, 5.74) is 8.05. The number of urea groups is 1. The first-order chi connectivity index (χ1) is 14.1. The van der Waals surface area contributed by atoms with E-state index in [0.717, 1.165) is 16.9 Å². The minimum atomic E-state index is -0.399. The summed E-state index contributed by atoms with van der Waals surface area (Å²) in [4.78, 5) is 23.7. The van der Waals surface area contributed by atoms with E-state index in [1.807, 2.05) is 51.1 Å². The predicted molar refractivity (Wildman–Crippen MR) is 119 cm³/mol. The van der Waals surface area contributed by atoms with Crippen LogP contribution in [-0.4, -0.2) is 21.7 Å². The lowest BCUT2D eigenvalue weighted by Crippen LogP contribution is -2.21. The van der Waals surface area contributed by atoms with Crippen LogP contribution in [0.2, 0.25) is 5.02 Å². The number of nitrogens with zero attached hydrogens (tertiary/aromatic N) is 2. The summed E-state index contributed by atoms with van der Waals surface area (Å²) in [5, 5.41) is 10.9. The molecule has 1 aromatic heterocycles. The van der Waals surface area contributed by atoms with Gasteiger partial charge in [0.25, 0.3) is 0 Å². The minimum absolute atomic E-state index is 0.168. The van der Waals surface area contributed by atoms with Gasteiger partial charge in [-0.15, -0.1) is 0 Å². The summed E-state index contributed by atoms with van der Waals surface area (Å²) in [7, 11) is 0. The van der Waals surface area contributed by atoms with Gasteiger partial charge in [0, 0.05) is 22.2 Å². The first-order valence-electron chi connectivity index (χ1n) is 9.43. The zero-order chi connectivity index (χ0) is 21.9. The lowest BCUT2D eigenvalue weighted by molar-refractivity contribution is -0.117. The maximum absolute atomic E-state index is 12.5. The van der Waals surface area contributed by atoms with Gasteiger partial charge in [-0.2, -0.15) is 5.10 Å². The SMILES string of the molecule is CC(C)(C)c1cc(NC(=O)Nc2ccc(Cl)cc2)n(-c2ccc(CC(N)=O)cc2)n1. The number of carbonyl (C=O) groups is 2. The van der Waals surface area contributed by atoms with Gasteiger partial charge in [0.1, 0.15) is 5.82 Å². The van der Waals surface area contributed by atoms with E-state index in [1.165, 1.54) is 0 Å². The van der Waals surface area contributed by atoms with E-state index < -0.39 is 11.9 Å². The van der Waals surface area contributed by atoms with Gasteiger partial charge < -0.3 is 11.1 Å². The number of anilines is 2. The van der Waals surface area contributed by atoms with Gasteiger partial charge in [-0.05, 0) is 42.0 Å². The summed E-state index contributed by atoms with van der Waals surface area (Å²) in [6, 6.07) is 15.6. The van der Waals surface area contributed by atoms with Gasteiger partial charge in [-0.3, -0.25) is 10.1 Å². The number of rotatable bonds is 5. The van der Waals surface area contributed by atoms with Crippen molar-refractivity contribution >= 4 is 35.0 Å². The number of benzene rings is 2. The fraction of sp³-hybridized carbons (Fsp3) is 0.227. The second-order valence-electron chi connectivity index (χ2n) is 7.97. The number of amides is 3. The Balaban J connectivity index is 1.87. The molecule has 2 aromatic carbocycles. The lowest BCUT2D eigenvalue weighted by atomic mass is 9.92. The van der Waals surface area contributed by atoms with E-state index in [0.29, 0.717) is 16.5 Å². The van der Waals surface area contributed by atoms with E-state index >= 15 is 0 Å². The molecule has 0 spiro atoms. The molecule has 0 aliphatic carbocycles. The standard InChI is InChI=1S/C22H24ClN5O2/c1-22(2,3)18-13-20(26-21(30)25-16-8-6-15(23)7-9-16)28(27-18)17-10-4-14(5-11-17)12-19(24)29/h4-11,13H,12H2,1-3H3,(H2,24,29)(H2,25,26,30). The third-order valence-corrected chi connectivity index (χ3v) is 4.63. The van der Waals surface area contributed by atoms with Gasteiger partial charge in [0.2, 0.25) is 5.91 Å². The van der Waals surface area contributed by atoms with Crippen molar-refractivity contribution in [3.05, 3.63) is 70.9 Å². The van der Waals surface area contributed by atoms with Crippen molar-refractivity contribution in [3.63, 3.8) is 0 Å². The number of hydrogen-bond acceptors (Lipinski definition) is 3. The van der Waals surface area contributed by atoms with Crippen LogP contribution in [0.1, 0.15) is 32.0 Å². The highest BCUT2D eigenvalue weighted by Crippen LogP contribution is 2.26. The Kier molecular flexibility index (Phi) is 6.12. The molecular weight excluding hydrogens is 402 g/mol. The van der Waals surface area contributed by atoms with Crippen molar-refractivity contribution in [2.45, 2.75) is 32.6 Å². The highest BCUT2D eigenvalue weighted by Gasteiger charge is 2.21. The smallest absolute Gasteiger partial charge is 0.324 e. The van der Waals surface area contributed by atoms with Crippen molar-refractivity contribution in [1.82, 2.24) is 9.78 Å². The molecule has 1 heterocycles. The molecule has 30 heavy (non-hydrogen) atoms. The maximum atomic E-state index is 12.5.